The third-order valence-corrected chi connectivity index (χ3v) is 5.84. The molecule has 26 heavy (non-hydrogen) atoms. The number of hydrogen-bond acceptors (Lipinski definition) is 6. The van der Waals surface area contributed by atoms with Crippen LogP contribution in [0.3, 0.4) is 0 Å². The number of nitrogens with zero attached hydrogens (tertiary/aromatic N) is 3. The Labute approximate surface area is 154 Å². The summed E-state index contributed by atoms with van der Waals surface area (Å²) in [6, 6.07) is 10.2. The fourth-order valence-electron chi connectivity index (χ4n) is 4.26. The lowest BCUT2D eigenvalue weighted by Gasteiger charge is -2.43. The molecule has 2 aliphatic heterocycles. The van der Waals surface area contributed by atoms with E-state index >= 15 is 0 Å². The number of hydrogen-bond donors (Lipinski definition) is 1. The summed E-state index contributed by atoms with van der Waals surface area (Å²) >= 11 is 0. The molecule has 2 fully saturated rings. The highest BCUT2D eigenvalue weighted by atomic mass is 16.5. The van der Waals surface area contributed by atoms with Crippen molar-refractivity contribution < 1.29 is 14.4 Å². The molecule has 2 saturated heterocycles. The van der Waals surface area contributed by atoms with E-state index in [0.717, 1.165) is 37.9 Å². The van der Waals surface area contributed by atoms with Gasteiger partial charge in [-0.05, 0) is 32.7 Å². The molecular formula is C20H27N3O3. The van der Waals surface area contributed by atoms with Crippen molar-refractivity contribution in [2.24, 2.45) is 5.92 Å². The molecule has 1 aromatic heterocycles. The summed E-state index contributed by atoms with van der Waals surface area (Å²) < 4.78 is 11.1. The molecular weight excluding hydrogens is 330 g/mol. The van der Waals surface area contributed by atoms with Crippen LogP contribution in [0.2, 0.25) is 0 Å². The molecule has 0 aliphatic carbocycles. The van der Waals surface area contributed by atoms with Gasteiger partial charge in [-0.15, -0.1) is 0 Å². The average molecular weight is 357 g/mol. The van der Waals surface area contributed by atoms with Crippen molar-refractivity contribution >= 4 is 0 Å². The Morgan fingerprint density at radius 3 is 2.96 bits per heavy atom. The van der Waals surface area contributed by atoms with Gasteiger partial charge in [-0.1, -0.05) is 35.5 Å². The molecule has 0 amide bonds. The molecule has 1 N–H and O–H groups in total. The molecule has 6 heteroatoms. The van der Waals surface area contributed by atoms with Crippen LogP contribution in [0, 0.1) is 5.92 Å². The van der Waals surface area contributed by atoms with Crippen LogP contribution in [0.25, 0.3) is 11.4 Å². The Hall–Kier alpha value is -1.76. The standard InChI is InChI=1S/C20H27N3O3/c1-20(24)10-13-25-14-16(20)17-8-5-11-23(17)12-9-18-21-19(22-26-18)15-6-3-2-4-7-15/h2-4,6-7,16-17,24H,5,8-14H2,1H3/t16-,17-,20+/m1/s1. The lowest BCUT2D eigenvalue weighted by atomic mass is 9.79. The molecule has 2 aromatic rings. The zero-order valence-corrected chi connectivity index (χ0v) is 15.3. The number of ether oxygens (including phenoxy) is 1. The zero-order valence-electron chi connectivity index (χ0n) is 15.3. The van der Waals surface area contributed by atoms with E-state index in [1.54, 1.807) is 0 Å². The van der Waals surface area contributed by atoms with Crippen molar-refractivity contribution in [3.05, 3.63) is 36.2 Å². The molecule has 0 spiro atoms. The van der Waals surface area contributed by atoms with Crippen molar-refractivity contribution in [3.63, 3.8) is 0 Å². The zero-order chi connectivity index (χ0) is 18.0. The first-order chi connectivity index (χ1) is 12.6. The maximum absolute atomic E-state index is 10.8. The normalized spacial score (nSPS) is 29.9. The van der Waals surface area contributed by atoms with Crippen molar-refractivity contribution in [2.45, 2.75) is 44.2 Å². The minimum atomic E-state index is -0.642. The number of aliphatic hydroxyl groups is 1. The second-order valence-corrected chi connectivity index (χ2v) is 7.66. The monoisotopic (exact) mass is 357 g/mol. The van der Waals surface area contributed by atoms with E-state index in [0.29, 0.717) is 37.4 Å². The first-order valence-corrected chi connectivity index (χ1v) is 9.56. The Kier molecular flexibility index (Phi) is 5.07. The lowest BCUT2D eigenvalue weighted by molar-refractivity contribution is -0.122. The summed E-state index contributed by atoms with van der Waals surface area (Å²) in [6.45, 7) is 5.18. The molecule has 4 rings (SSSR count). The first-order valence-electron chi connectivity index (χ1n) is 9.56. The minimum Gasteiger partial charge on any atom is -0.390 e. The molecule has 0 saturated carbocycles. The second-order valence-electron chi connectivity index (χ2n) is 7.66. The molecule has 6 nitrogen and oxygen atoms in total. The number of benzene rings is 1. The van der Waals surface area contributed by atoms with Crippen molar-refractivity contribution in [3.8, 4) is 11.4 Å². The molecule has 3 atom stereocenters. The fourth-order valence-corrected chi connectivity index (χ4v) is 4.26. The van der Waals surface area contributed by atoms with E-state index in [1.807, 2.05) is 37.3 Å². The largest absolute Gasteiger partial charge is 0.390 e. The van der Waals surface area contributed by atoms with E-state index in [4.69, 9.17) is 9.26 Å². The van der Waals surface area contributed by atoms with E-state index in [1.165, 1.54) is 0 Å². The highest BCUT2D eigenvalue weighted by Crippen LogP contribution is 2.35. The van der Waals surface area contributed by atoms with Crippen molar-refractivity contribution in [1.82, 2.24) is 15.0 Å². The van der Waals surface area contributed by atoms with Gasteiger partial charge in [0.1, 0.15) is 0 Å². The number of aromatic nitrogens is 2. The summed E-state index contributed by atoms with van der Waals surface area (Å²) in [5.41, 5.74) is 0.327. The van der Waals surface area contributed by atoms with Gasteiger partial charge in [0, 0.05) is 37.1 Å². The van der Waals surface area contributed by atoms with Crippen molar-refractivity contribution in [1.29, 1.82) is 0 Å². The quantitative estimate of drug-likeness (QED) is 0.887. The van der Waals surface area contributed by atoms with Crippen LogP contribution in [-0.2, 0) is 11.2 Å². The Bertz CT molecular complexity index is 716. The number of rotatable bonds is 5. The molecule has 2 aliphatic rings. The SMILES string of the molecule is C[C@]1(O)CCOC[C@@H]1[C@H]1CCCN1CCc1nc(-c2ccccc2)no1. The highest BCUT2D eigenvalue weighted by Gasteiger charge is 2.43. The topological polar surface area (TPSA) is 71.6 Å². The molecule has 0 radical (unpaired) electrons. The van der Waals surface area contributed by atoms with Crippen LogP contribution < -0.4 is 0 Å². The second kappa shape index (κ2) is 7.47. The first kappa shape index (κ1) is 17.6. The van der Waals surface area contributed by atoms with Gasteiger partial charge < -0.3 is 14.4 Å². The van der Waals surface area contributed by atoms with E-state index < -0.39 is 5.60 Å². The van der Waals surface area contributed by atoms with Gasteiger partial charge in [0.05, 0.1) is 12.2 Å². The van der Waals surface area contributed by atoms with Gasteiger partial charge in [-0.2, -0.15) is 4.98 Å². The Morgan fingerprint density at radius 1 is 1.31 bits per heavy atom. The fraction of sp³-hybridized carbons (Fsp3) is 0.600. The van der Waals surface area contributed by atoms with Gasteiger partial charge in [-0.25, -0.2) is 0 Å². The molecule has 0 bridgehead atoms. The van der Waals surface area contributed by atoms with E-state index in [9.17, 15) is 5.11 Å². The Morgan fingerprint density at radius 2 is 2.15 bits per heavy atom. The average Bonchev–Trinajstić information content (AvgIpc) is 3.30. The van der Waals surface area contributed by atoms with Gasteiger partial charge in [-0.3, -0.25) is 4.90 Å². The maximum atomic E-state index is 10.8. The molecule has 3 heterocycles. The third-order valence-electron chi connectivity index (χ3n) is 5.84. The maximum Gasteiger partial charge on any atom is 0.228 e. The summed E-state index contributed by atoms with van der Waals surface area (Å²) in [5, 5.41) is 14.9. The summed E-state index contributed by atoms with van der Waals surface area (Å²) in [6.07, 6.45) is 3.72. The van der Waals surface area contributed by atoms with Crippen LogP contribution in [0.15, 0.2) is 34.9 Å². The lowest BCUT2D eigenvalue weighted by Crippen LogP contribution is -2.52. The predicted octanol–water partition coefficient (Wildman–Crippen LogP) is 2.53. The third kappa shape index (κ3) is 3.68. The van der Waals surface area contributed by atoms with Crippen LogP contribution in [0.1, 0.15) is 32.1 Å². The predicted molar refractivity (Wildman–Crippen MR) is 97.6 cm³/mol. The summed E-state index contributed by atoms with van der Waals surface area (Å²) in [4.78, 5) is 6.99. The van der Waals surface area contributed by atoms with Crippen LogP contribution in [-0.4, -0.2) is 58.1 Å². The smallest absolute Gasteiger partial charge is 0.228 e. The minimum absolute atomic E-state index is 0.168. The van der Waals surface area contributed by atoms with Gasteiger partial charge in [0.2, 0.25) is 11.7 Å². The number of likely N-dealkylation sites (tertiary alicyclic amines) is 1. The van der Waals surface area contributed by atoms with E-state index in [2.05, 4.69) is 15.0 Å². The molecule has 0 unspecified atom stereocenters. The van der Waals surface area contributed by atoms with E-state index in [-0.39, 0.29) is 5.92 Å². The van der Waals surface area contributed by atoms with Crippen LogP contribution in [0.4, 0.5) is 0 Å². The Balaban J connectivity index is 1.39. The van der Waals surface area contributed by atoms with Crippen molar-refractivity contribution in [2.75, 3.05) is 26.3 Å². The van der Waals surface area contributed by atoms with Crippen LogP contribution in [0.5, 0.6) is 0 Å². The molecule has 140 valence electrons. The molecule has 1 aromatic carbocycles. The van der Waals surface area contributed by atoms with Gasteiger partial charge in [0.25, 0.3) is 0 Å². The van der Waals surface area contributed by atoms with Crippen LogP contribution >= 0.6 is 0 Å². The van der Waals surface area contributed by atoms with Gasteiger partial charge >= 0.3 is 0 Å². The highest BCUT2D eigenvalue weighted by molar-refractivity contribution is 5.53. The summed E-state index contributed by atoms with van der Waals surface area (Å²) in [7, 11) is 0. The summed E-state index contributed by atoms with van der Waals surface area (Å²) in [5.74, 6) is 1.48. The van der Waals surface area contributed by atoms with Gasteiger partial charge in [0.15, 0.2) is 0 Å².